The van der Waals surface area contributed by atoms with Crippen LogP contribution in [0.1, 0.15) is 5.56 Å². The second kappa shape index (κ2) is 11.2. The smallest absolute Gasteiger partial charge is 0.253 e. The van der Waals surface area contributed by atoms with Gasteiger partial charge in [-0.2, -0.15) is 0 Å². The number of fused-ring (bicyclic) bond motifs is 2. The van der Waals surface area contributed by atoms with Crippen molar-refractivity contribution >= 4 is 33.9 Å². The Labute approximate surface area is 214 Å². The van der Waals surface area contributed by atoms with Gasteiger partial charge >= 0.3 is 0 Å². The molecule has 5 rings (SSSR count). The first-order chi connectivity index (χ1) is 17.6. The van der Waals surface area contributed by atoms with E-state index in [1.807, 2.05) is 47.4 Å². The molecule has 0 aliphatic carbocycles. The molecule has 3 heterocycles. The van der Waals surface area contributed by atoms with Crippen LogP contribution in [0.15, 0.2) is 47.3 Å². The van der Waals surface area contributed by atoms with Crippen molar-refractivity contribution in [3.05, 3.63) is 58.4 Å². The molecule has 3 aromatic rings. The molecule has 2 aromatic carbocycles. The summed E-state index contributed by atoms with van der Waals surface area (Å²) in [4.78, 5) is 20.4. The number of anilines is 1. The van der Waals surface area contributed by atoms with Crippen molar-refractivity contribution in [1.29, 1.82) is 0 Å². The minimum Gasteiger partial charge on any atom is -0.495 e. The number of para-hydroxylation sites is 2. The van der Waals surface area contributed by atoms with Gasteiger partial charge in [0.2, 0.25) is 0 Å². The second-order valence-electron chi connectivity index (χ2n) is 8.71. The summed E-state index contributed by atoms with van der Waals surface area (Å²) < 4.78 is 22.3. The zero-order valence-electron chi connectivity index (χ0n) is 20.2. The van der Waals surface area contributed by atoms with E-state index in [0.29, 0.717) is 59.7 Å². The maximum absolute atomic E-state index is 13.1. The van der Waals surface area contributed by atoms with Gasteiger partial charge < -0.3 is 34.1 Å². The fraction of sp³-hybridized carbons (Fsp3) is 0.385. The Morgan fingerprint density at radius 1 is 1.11 bits per heavy atom. The zero-order chi connectivity index (χ0) is 24.9. The molecule has 190 valence electrons. The van der Waals surface area contributed by atoms with Crippen LogP contribution < -0.4 is 25.1 Å². The Hall–Kier alpha value is -3.34. The number of morpholine rings is 1. The lowest BCUT2D eigenvalue weighted by atomic mass is 10.1. The van der Waals surface area contributed by atoms with E-state index in [-0.39, 0.29) is 5.56 Å². The van der Waals surface area contributed by atoms with Gasteiger partial charge in [-0.25, -0.2) is 0 Å². The third-order valence-corrected chi connectivity index (χ3v) is 6.73. The van der Waals surface area contributed by atoms with Gasteiger partial charge in [-0.15, -0.1) is 0 Å². The number of H-pyrrole nitrogens is 1. The SMILES string of the molecule is COc1ccccc1NC(=S)N(CCN1CCOCC1)Cc1cc2cc3c(cc2[nH]c1=O)OCCO3. The van der Waals surface area contributed by atoms with Crippen LogP contribution in [0.2, 0.25) is 0 Å². The topological polar surface area (TPSA) is 88.3 Å². The molecule has 9 nitrogen and oxygen atoms in total. The average molecular weight is 511 g/mol. The van der Waals surface area contributed by atoms with Crippen LogP contribution in [0.4, 0.5) is 5.69 Å². The number of methoxy groups -OCH3 is 1. The van der Waals surface area contributed by atoms with Crippen molar-refractivity contribution in [2.24, 2.45) is 0 Å². The van der Waals surface area contributed by atoms with Crippen molar-refractivity contribution in [3.8, 4) is 17.2 Å². The first-order valence-corrected chi connectivity index (χ1v) is 12.5. The monoisotopic (exact) mass is 510 g/mol. The average Bonchev–Trinajstić information content (AvgIpc) is 2.91. The Bertz CT molecular complexity index is 1290. The first kappa shape index (κ1) is 24.4. The lowest BCUT2D eigenvalue weighted by molar-refractivity contribution is 0.0358. The summed E-state index contributed by atoms with van der Waals surface area (Å²) >= 11 is 5.82. The molecule has 1 aromatic heterocycles. The highest BCUT2D eigenvalue weighted by atomic mass is 32.1. The van der Waals surface area contributed by atoms with Crippen LogP contribution in [0.3, 0.4) is 0 Å². The molecule has 1 fully saturated rings. The number of benzene rings is 2. The number of aromatic nitrogens is 1. The van der Waals surface area contributed by atoms with Crippen molar-refractivity contribution in [3.63, 3.8) is 0 Å². The molecular weight excluding hydrogens is 480 g/mol. The number of thiocarbonyl (C=S) groups is 1. The lowest BCUT2D eigenvalue weighted by Gasteiger charge is -2.31. The number of nitrogens with one attached hydrogen (secondary N) is 2. The maximum Gasteiger partial charge on any atom is 0.253 e. The fourth-order valence-corrected chi connectivity index (χ4v) is 4.66. The van der Waals surface area contributed by atoms with Crippen molar-refractivity contribution < 1.29 is 18.9 Å². The maximum atomic E-state index is 13.1. The molecule has 2 aliphatic rings. The normalized spacial score (nSPS) is 15.5. The number of ether oxygens (including phenoxy) is 4. The molecule has 2 N–H and O–H groups in total. The summed E-state index contributed by atoms with van der Waals surface area (Å²) in [5.74, 6) is 2.03. The predicted octanol–water partition coefficient (Wildman–Crippen LogP) is 2.84. The highest BCUT2D eigenvalue weighted by molar-refractivity contribution is 7.80. The number of hydrogen-bond acceptors (Lipinski definition) is 7. The number of nitrogens with zero attached hydrogens (tertiary/aromatic N) is 2. The minimum absolute atomic E-state index is 0.157. The third kappa shape index (κ3) is 5.56. The number of hydrogen-bond donors (Lipinski definition) is 2. The number of aromatic amines is 1. The summed E-state index contributed by atoms with van der Waals surface area (Å²) in [5.41, 5.74) is 1.95. The molecule has 0 saturated carbocycles. The molecule has 1 saturated heterocycles. The van der Waals surface area contributed by atoms with Gasteiger partial charge in [0.1, 0.15) is 19.0 Å². The fourth-order valence-electron chi connectivity index (χ4n) is 4.39. The van der Waals surface area contributed by atoms with E-state index in [2.05, 4.69) is 15.2 Å². The van der Waals surface area contributed by atoms with Gasteiger partial charge in [-0.05, 0) is 36.5 Å². The van der Waals surface area contributed by atoms with Gasteiger partial charge in [0.25, 0.3) is 5.56 Å². The molecule has 0 bridgehead atoms. The standard InChI is InChI=1S/C26H30N4O5S/c1-32-22-5-3-2-4-20(22)28-26(36)30(7-6-29-8-10-33-11-9-29)17-19-14-18-15-23-24(35-13-12-34-23)16-21(18)27-25(19)31/h2-5,14-16H,6-13,17H2,1H3,(H,27,31)(H,28,36). The molecule has 0 amide bonds. The van der Waals surface area contributed by atoms with E-state index in [9.17, 15) is 4.79 Å². The Morgan fingerprint density at radius 2 is 1.86 bits per heavy atom. The van der Waals surface area contributed by atoms with E-state index < -0.39 is 0 Å². The van der Waals surface area contributed by atoms with Gasteiger partial charge in [-0.3, -0.25) is 9.69 Å². The summed E-state index contributed by atoms with van der Waals surface area (Å²) in [6, 6.07) is 13.3. The van der Waals surface area contributed by atoms with Crippen LogP contribution in [-0.2, 0) is 11.3 Å². The minimum atomic E-state index is -0.157. The van der Waals surface area contributed by atoms with E-state index in [1.54, 1.807) is 7.11 Å². The molecule has 0 radical (unpaired) electrons. The lowest BCUT2D eigenvalue weighted by Crippen LogP contribution is -2.44. The highest BCUT2D eigenvalue weighted by Crippen LogP contribution is 2.33. The zero-order valence-corrected chi connectivity index (χ0v) is 21.1. The van der Waals surface area contributed by atoms with Gasteiger partial charge in [0, 0.05) is 43.2 Å². The molecular formula is C26H30N4O5S. The van der Waals surface area contributed by atoms with Gasteiger partial charge in [-0.1, -0.05) is 12.1 Å². The quantitative estimate of drug-likeness (QED) is 0.466. The predicted molar refractivity (Wildman–Crippen MR) is 142 cm³/mol. The van der Waals surface area contributed by atoms with Crippen LogP contribution in [0, 0.1) is 0 Å². The summed E-state index contributed by atoms with van der Waals surface area (Å²) in [5, 5.41) is 4.71. The molecule has 0 spiro atoms. The largest absolute Gasteiger partial charge is 0.495 e. The molecule has 0 atom stereocenters. The van der Waals surface area contributed by atoms with E-state index in [1.165, 1.54) is 0 Å². The van der Waals surface area contributed by atoms with Crippen molar-refractivity contribution in [1.82, 2.24) is 14.8 Å². The summed E-state index contributed by atoms with van der Waals surface area (Å²) in [6.45, 7) is 6.03. The van der Waals surface area contributed by atoms with Crippen LogP contribution >= 0.6 is 12.2 Å². The van der Waals surface area contributed by atoms with E-state index in [4.69, 9.17) is 31.2 Å². The Balaban J connectivity index is 1.40. The molecule has 0 unspecified atom stereocenters. The Kier molecular flexibility index (Phi) is 7.55. The first-order valence-electron chi connectivity index (χ1n) is 12.1. The Morgan fingerprint density at radius 3 is 2.64 bits per heavy atom. The van der Waals surface area contributed by atoms with Crippen LogP contribution in [0.25, 0.3) is 10.9 Å². The van der Waals surface area contributed by atoms with E-state index in [0.717, 1.165) is 43.9 Å². The van der Waals surface area contributed by atoms with Gasteiger partial charge in [0.15, 0.2) is 16.6 Å². The third-order valence-electron chi connectivity index (χ3n) is 6.37. The summed E-state index contributed by atoms with van der Waals surface area (Å²) in [6.07, 6.45) is 0. The molecule has 10 heteroatoms. The number of pyridine rings is 1. The van der Waals surface area contributed by atoms with Crippen LogP contribution in [0.5, 0.6) is 17.2 Å². The summed E-state index contributed by atoms with van der Waals surface area (Å²) in [7, 11) is 1.63. The van der Waals surface area contributed by atoms with E-state index >= 15 is 0 Å². The molecule has 2 aliphatic heterocycles. The highest BCUT2D eigenvalue weighted by Gasteiger charge is 2.19. The van der Waals surface area contributed by atoms with Crippen LogP contribution in [-0.4, -0.2) is 79.6 Å². The molecule has 36 heavy (non-hydrogen) atoms. The van der Waals surface area contributed by atoms with Crippen molar-refractivity contribution in [2.75, 3.05) is 65.0 Å². The second-order valence-corrected chi connectivity index (χ2v) is 9.10. The van der Waals surface area contributed by atoms with Gasteiger partial charge in [0.05, 0.1) is 38.1 Å². The number of rotatable bonds is 7. The van der Waals surface area contributed by atoms with Crippen molar-refractivity contribution in [2.45, 2.75) is 6.54 Å².